The van der Waals surface area contributed by atoms with Gasteiger partial charge in [0, 0.05) is 17.2 Å². The number of nitrogens with one attached hydrogen (secondary N) is 2. The van der Waals surface area contributed by atoms with Crippen LogP contribution in [0.15, 0.2) is 35.3 Å². The highest BCUT2D eigenvalue weighted by atomic mass is 35.5. The molecule has 28 heavy (non-hydrogen) atoms. The Morgan fingerprint density at radius 1 is 1.14 bits per heavy atom. The Kier molecular flexibility index (Phi) is 7.70. The normalized spacial score (nSPS) is 11.1. The molecule has 0 aliphatic carbocycles. The molecule has 12 heteroatoms. The molecule has 2 aromatic carbocycles. The number of nitro benzene ring substituents is 1. The van der Waals surface area contributed by atoms with Gasteiger partial charge in [-0.1, -0.05) is 46.4 Å². The topological polar surface area (TPSA) is 106 Å². The molecule has 0 saturated carbocycles. The molecule has 0 spiro atoms. The van der Waals surface area contributed by atoms with Crippen LogP contribution < -0.4 is 10.9 Å². The average molecular weight is 466 g/mol. The monoisotopic (exact) mass is 464 g/mol. The van der Waals surface area contributed by atoms with E-state index in [1.165, 1.54) is 37.4 Å². The SMILES string of the molecule is COC(=O)CC(=Nc1cc([N+](=O)[O-])ccc1Cl)NNc1c(Cl)cc(Cl)cc1Cl. The summed E-state index contributed by atoms with van der Waals surface area (Å²) >= 11 is 24.1. The van der Waals surface area contributed by atoms with Gasteiger partial charge >= 0.3 is 5.97 Å². The van der Waals surface area contributed by atoms with E-state index in [0.29, 0.717) is 5.02 Å². The van der Waals surface area contributed by atoms with Crippen LogP contribution in [0, 0.1) is 10.1 Å². The summed E-state index contributed by atoms with van der Waals surface area (Å²) in [6, 6.07) is 6.67. The first-order valence-corrected chi connectivity index (χ1v) is 8.97. The number of carbonyl (C=O) groups excluding carboxylic acids is 1. The molecule has 0 aliphatic heterocycles. The zero-order chi connectivity index (χ0) is 20.8. The van der Waals surface area contributed by atoms with E-state index >= 15 is 0 Å². The number of nitro groups is 1. The van der Waals surface area contributed by atoms with E-state index in [4.69, 9.17) is 46.4 Å². The minimum absolute atomic E-state index is 0.0522. The molecule has 2 rings (SSSR count). The molecule has 0 aromatic heterocycles. The van der Waals surface area contributed by atoms with Gasteiger partial charge in [-0.2, -0.15) is 0 Å². The predicted molar refractivity (Wildman–Crippen MR) is 110 cm³/mol. The van der Waals surface area contributed by atoms with Crippen LogP contribution in [0.2, 0.25) is 20.1 Å². The predicted octanol–water partition coefficient (Wildman–Crippen LogP) is 5.42. The van der Waals surface area contributed by atoms with E-state index in [9.17, 15) is 14.9 Å². The van der Waals surface area contributed by atoms with E-state index < -0.39 is 10.9 Å². The number of nitrogens with zero attached hydrogens (tertiary/aromatic N) is 2. The number of hydrogen-bond donors (Lipinski definition) is 2. The summed E-state index contributed by atoms with van der Waals surface area (Å²) < 4.78 is 4.63. The van der Waals surface area contributed by atoms with Gasteiger partial charge in [0.15, 0.2) is 0 Å². The van der Waals surface area contributed by atoms with Crippen molar-refractivity contribution < 1.29 is 14.5 Å². The summed E-state index contributed by atoms with van der Waals surface area (Å²) in [7, 11) is 1.21. The molecule has 2 N–H and O–H groups in total. The van der Waals surface area contributed by atoms with Crippen molar-refractivity contribution in [2.24, 2.45) is 4.99 Å². The highest BCUT2D eigenvalue weighted by Gasteiger charge is 2.14. The molecule has 0 atom stereocenters. The maximum absolute atomic E-state index is 11.7. The van der Waals surface area contributed by atoms with Gasteiger partial charge in [0.25, 0.3) is 5.69 Å². The van der Waals surface area contributed by atoms with Crippen LogP contribution in [0.25, 0.3) is 0 Å². The molecule has 0 aliphatic rings. The van der Waals surface area contributed by atoms with Gasteiger partial charge in [-0.15, -0.1) is 0 Å². The molecule has 0 saturated heterocycles. The van der Waals surface area contributed by atoms with Gasteiger partial charge in [0.1, 0.15) is 12.3 Å². The van der Waals surface area contributed by atoms with Crippen molar-refractivity contribution in [1.82, 2.24) is 5.43 Å². The minimum atomic E-state index is -0.608. The Morgan fingerprint density at radius 2 is 1.79 bits per heavy atom. The maximum atomic E-state index is 11.7. The number of non-ortho nitro benzene ring substituents is 1. The van der Waals surface area contributed by atoms with E-state index in [0.717, 1.165) is 0 Å². The van der Waals surface area contributed by atoms with E-state index in [1.54, 1.807) is 0 Å². The lowest BCUT2D eigenvalue weighted by Gasteiger charge is -2.14. The first-order chi connectivity index (χ1) is 13.2. The summed E-state index contributed by atoms with van der Waals surface area (Å²) in [6.45, 7) is 0. The number of anilines is 1. The fourth-order valence-corrected chi connectivity index (χ4v) is 3.03. The highest BCUT2D eigenvalue weighted by Crippen LogP contribution is 2.33. The van der Waals surface area contributed by atoms with Crippen molar-refractivity contribution in [3.8, 4) is 0 Å². The number of esters is 1. The molecular formula is C16H12Cl4N4O4. The zero-order valence-electron chi connectivity index (χ0n) is 14.1. The number of halogens is 4. The Bertz CT molecular complexity index is 929. The first-order valence-electron chi connectivity index (χ1n) is 7.46. The molecule has 0 radical (unpaired) electrons. The number of methoxy groups -OCH3 is 1. The fraction of sp³-hybridized carbons (Fsp3) is 0.125. The summed E-state index contributed by atoms with van der Waals surface area (Å²) in [5, 5.41) is 11.9. The third-order valence-corrected chi connectivity index (χ3v) is 4.41. The molecule has 0 bridgehead atoms. The molecule has 2 aromatic rings. The van der Waals surface area contributed by atoms with Crippen molar-refractivity contribution in [3.05, 3.63) is 60.5 Å². The maximum Gasteiger partial charge on any atom is 0.313 e. The van der Waals surface area contributed by atoms with Crippen LogP contribution in [-0.4, -0.2) is 23.8 Å². The fourth-order valence-electron chi connectivity index (χ4n) is 1.96. The van der Waals surface area contributed by atoms with E-state index in [-0.39, 0.29) is 44.4 Å². The minimum Gasteiger partial charge on any atom is -0.469 e. The molecule has 0 amide bonds. The van der Waals surface area contributed by atoms with E-state index in [1.807, 2.05) is 0 Å². The number of rotatable bonds is 6. The lowest BCUT2D eigenvalue weighted by atomic mass is 10.3. The van der Waals surface area contributed by atoms with Gasteiger partial charge < -0.3 is 4.74 Å². The van der Waals surface area contributed by atoms with Crippen molar-refractivity contribution in [3.63, 3.8) is 0 Å². The standard InChI is InChI=1S/C16H12Cl4N4O4/c1-28-15(25)7-14(21-13-6-9(24(26)27)2-3-10(13)18)22-23-16-11(19)4-8(17)5-12(16)20/h2-6,23H,7H2,1H3,(H,21,22). The Labute approximate surface area is 179 Å². The van der Waals surface area contributed by atoms with Crippen molar-refractivity contribution >= 4 is 75.3 Å². The summed E-state index contributed by atoms with van der Waals surface area (Å²) in [6.07, 6.45) is -0.286. The Balaban J connectivity index is 2.35. The third kappa shape index (κ3) is 5.87. The van der Waals surface area contributed by atoms with Crippen molar-refractivity contribution in [2.75, 3.05) is 12.5 Å². The lowest BCUT2D eigenvalue weighted by molar-refractivity contribution is -0.384. The first kappa shape index (κ1) is 22.0. The van der Waals surface area contributed by atoms with Crippen LogP contribution in [0.5, 0.6) is 0 Å². The number of ether oxygens (including phenoxy) is 1. The van der Waals surface area contributed by atoms with Gasteiger partial charge in [-0.05, 0) is 18.2 Å². The molecule has 0 unspecified atom stereocenters. The number of carbonyl (C=O) groups is 1. The molecule has 0 heterocycles. The summed E-state index contributed by atoms with van der Waals surface area (Å²) in [4.78, 5) is 26.2. The smallest absolute Gasteiger partial charge is 0.313 e. The number of amidine groups is 1. The second kappa shape index (κ2) is 9.79. The Hall–Kier alpha value is -2.26. The van der Waals surface area contributed by atoms with Crippen LogP contribution in [0.1, 0.15) is 6.42 Å². The number of aliphatic imine (C=N–C) groups is 1. The zero-order valence-corrected chi connectivity index (χ0v) is 17.2. The Morgan fingerprint density at radius 3 is 2.36 bits per heavy atom. The third-order valence-electron chi connectivity index (χ3n) is 3.27. The average Bonchev–Trinajstić information content (AvgIpc) is 2.62. The molecule has 148 valence electrons. The van der Waals surface area contributed by atoms with Crippen molar-refractivity contribution in [1.29, 1.82) is 0 Å². The van der Waals surface area contributed by atoms with Gasteiger partial charge in [0.2, 0.25) is 0 Å². The summed E-state index contributed by atoms with van der Waals surface area (Å²) in [5.41, 5.74) is 5.57. The van der Waals surface area contributed by atoms with Crippen LogP contribution in [-0.2, 0) is 9.53 Å². The number of hydrogen-bond acceptors (Lipinski definition) is 6. The van der Waals surface area contributed by atoms with Crippen LogP contribution >= 0.6 is 46.4 Å². The lowest BCUT2D eigenvalue weighted by Crippen LogP contribution is -2.31. The number of benzene rings is 2. The molecular weight excluding hydrogens is 454 g/mol. The second-order valence-electron chi connectivity index (χ2n) is 5.20. The summed E-state index contributed by atoms with van der Waals surface area (Å²) in [5.74, 6) is -0.556. The quantitative estimate of drug-likeness (QED) is 0.194. The van der Waals surface area contributed by atoms with Crippen molar-refractivity contribution in [2.45, 2.75) is 6.42 Å². The van der Waals surface area contributed by atoms with E-state index in [2.05, 4.69) is 20.6 Å². The van der Waals surface area contributed by atoms with Crippen LogP contribution in [0.3, 0.4) is 0 Å². The van der Waals surface area contributed by atoms with Crippen LogP contribution in [0.4, 0.5) is 17.1 Å². The molecule has 8 nitrogen and oxygen atoms in total. The molecule has 0 fully saturated rings. The number of hydrazine groups is 1. The second-order valence-corrected chi connectivity index (χ2v) is 6.86. The van der Waals surface area contributed by atoms with Gasteiger partial charge in [-0.3, -0.25) is 25.8 Å². The highest BCUT2D eigenvalue weighted by molar-refractivity contribution is 6.41. The van der Waals surface area contributed by atoms with Gasteiger partial charge in [-0.25, -0.2) is 4.99 Å². The van der Waals surface area contributed by atoms with Gasteiger partial charge in [0.05, 0.1) is 38.5 Å². The largest absolute Gasteiger partial charge is 0.469 e.